The van der Waals surface area contributed by atoms with Gasteiger partial charge in [0.2, 0.25) is 0 Å². The Morgan fingerprint density at radius 3 is 2.36 bits per heavy atom. The van der Waals surface area contributed by atoms with Crippen molar-refractivity contribution in [2.75, 3.05) is 11.4 Å². The lowest BCUT2D eigenvalue weighted by molar-refractivity contribution is 0.0504. The third kappa shape index (κ3) is 5.04. The monoisotopic (exact) mass is 317 g/mol. The molecule has 0 aromatic heterocycles. The maximum Gasteiger partial charge on any atom is 0.127 e. The first-order valence-corrected chi connectivity index (χ1v) is 8.26. The first-order valence-electron chi connectivity index (χ1n) is 7.88. The molecule has 0 aliphatic heterocycles. The molecular weight excluding hydrogens is 294 g/mol. The number of anilines is 1. The van der Waals surface area contributed by atoms with Gasteiger partial charge in [0.05, 0.1) is 6.61 Å². The highest BCUT2D eigenvalue weighted by atomic mass is 35.5. The first-order chi connectivity index (χ1) is 10.7. The number of hydrogen-bond acceptors (Lipinski definition) is 2. The van der Waals surface area contributed by atoms with Crippen molar-refractivity contribution in [2.24, 2.45) is 0 Å². The molecule has 118 valence electrons. The summed E-state index contributed by atoms with van der Waals surface area (Å²) >= 11 is 5.91. The molecule has 0 N–H and O–H groups in total. The van der Waals surface area contributed by atoms with Crippen LogP contribution in [0.25, 0.3) is 0 Å². The third-order valence-corrected chi connectivity index (χ3v) is 3.94. The molecule has 0 radical (unpaired) electrons. The van der Waals surface area contributed by atoms with Crippen molar-refractivity contribution in [1.82, 2.24) is 0 Å². The Morgan fingerprint density at radius 1 is 1.05 bits per heavy atom. The van der Waals surface area contributed by atoms with Crippen LogP contribution < -0.4 is 4.90 Å². The molecule has 0 aliphatic carbocycles. The second kappa shape index (κ2) is 8.82. The van der Waals surface area contributed by atoms with E-state index in [1.807, 2.05) is 30.3 Å². The van der Waals surface area contributed by atoms with Crippen LogP contribution in [0, 0.1) is 0 Å². The zero-order valence-corrected chi connectivity index (χ0v) is 14.1. The molecule has 22 heavy (non-hydrogen) atoms. The molecule has 0 fully saturated rings. The number of nitrogens with zero attached hydrogens (tertiary/aromatic N) is 1. The second-order valence-electron chi connectivity index (χ2n) is 5.42. The van der Waals surface area contributed by atoms with Crippen LogP contribution in [0.2, 0.25) is 5.02 Å². The van der Waals surface area contributed by atoms with Crippen molar-refractivity contribution in [3.05, 3.63) is 65.2 Å². The summed E-state index contributed by atoms with van der Waals surface area (Å²) in [4.78, 5) is 2.32. The number of ether oxygens (including phenoxy) is 1. The molecule has 0 spiro atoms. The van der Waals surface area contributed by atoms with Crippen molar-refractivity contribution in [1.29, 1.82) is 0 Å². The highest BCUT2D eigenvalue weighted by molar-refractivity contribution is 6.30. The van der Waals surface area contributed by atoms with Crippen molar-refractivity contribution in [3.8, 4) is 0 Å². The summed E-state index contributed by atoms with van der Waals surface area (Å²) in [5.41, 5.74) is 2.35. The molecule has 1 unspecified atom stereocenters. The standard InChI is InChI=1S/C19H24ClNO/c1-3-4-14-21(19-8-6-5-7-9-19)16(2)22-15-17-10-12-18(20)13-11-17/h5-13,16H,3-4,14-15H2,1-2H3. The second-order valence-corrected chi connectivity index (χ2v) is 5.86. The smallest absolute Gasteiger partial charge is 0.127 e. The Morgan fingerprint density at radius 2 is 1.73 bits per heavy atom. The summed E-state index contributed by atoms with van der Waals surface area (Å²) in [7, 11) is 0. The van der Waals surface area contributed by atoms with Gasteiger partial charge in [-0.1, -0.05) is 55.3 Å². The molecule has 0 amide bonds. The quantitative estimate of drug-likeness (QED) is 0.595. The number of benzene rings is 2. The highest BCUT2D eigenvalue weighted by Crippen LogP contribution is 2.19. The molecule has 2 aromatic carbocycles. The molecule has 0 aliphatic rings. The molecule has 0 heterocycles. The maximum atomic E-state index is 6.06. The van der Waals surface area contributed by atoms with Crippen molar-refractivity contribution in [2.45, 2.75) is 39.5 Å². The highest BCUT2D eigenvalue weighted by Gasteiger charge is 2.14. The topological polar surface area (TPSA) is 12.5 Å². The minimum absolute atomic E-state index is 0.0321. The van der Waals surface area contributed by atoms with E-state index in [9.17, 15) is 0 Å². The summed E-state index contributed by atoms with van der Waals surface area (Å²) in [5.74, 6) is 0. The zero-order valence-electron chi connectivity index (χ0n) is 13.3. The van der Waals surface area contributed by atoms with E-state index in [2.05, 4.69) is 43.0 Å². The van der Waals surface area contributed by atoms with Gasteiger partial charge in [-0.3, -0.25) is 0 Å². The normalized spacial score (nSPS) is 12.1. The maximum absolute atomic E-state index is 6.06. The summed E-state index contributed by atoms with van der Waals surface area (Å²) < 4.78 is 6.06. The summed E-state index contributed by atoms with van der Waals surface area (Å²) in [5, 5.41) is 0.755. The fourth-order valence-electron chi connectivity index (χ4n) is 2.36. The van der Waals surface area contributed by atoms with Crippen LogP contribution in [-0.2, 0) is 11.3 Å². The molecule has 0 saturated heterocycles. The minimum Gasteiger partial charge on any atom is -0.354 e. The molecule has 0 saturated carbocycles. The Kier molecular flexibility index (Phi) is 6.75. The molecule has 2 rings (SSSR count). The average molecular weight is 318 g/mol. The van der Waals surface area contributed by atoms with E-state index in [1.165, 1.54) is 12.1 Å². The van der Waals surface area contributed by atoms with E-state index in [1.54, 1.807) is 0 Å². The fourth-order valence-corrected chi connectivity index (χ4v) is 2.48. The van der Waals surface area contributed by atoms with Crippen LogP contribution in [0.1, 0.15) is 32.3 Å². The van der Waals surface area contributed by atoms with Gasteiger partial charge in [-0.05, 0) is 43.2 Å². The lowest BCUT2D eigenvalue weighted by Crippen LogP contribution is -2.35. The van der Waals surface area contributed by atoms with Crippen LogP contribution in [0.5, 0.6) is 0 Å². The average Bonchev–Trinajstić information content (AvgIpc) is 2.55. The van der Waals surface area contributed by atoms with Crippen molar-refractivity contribution >= 4 is 17.3 Å². The van der Waals surface area contributed by atoms with Crippen LogP contribution in [0.15, 0.2) is 54.6 Å². The van der Waals surface area contributed by atoms with Crippen LogP contribution in [0.3, 0.4) is 0 Å². The molecule has 1 atom stereocenters. The van der Waals surface area contributed by atoms with E-state index < -0.39 is 0 Å². The van der Waals surface area contributed by atoms with Crippen LogP contribution >= 0.6 is 11.6 Å². The SMILES string of the molecule is CCCCN(c1ccccc1)C(C)OCc1ccc(Cl)cc1. The summed E-state index contributed by atoms with van der Waals surface area (Å²) in [6.45, 7) is 5.91. The van der Waals surface area contributed by atoms with Gasteiger partial charge in [0.25, 0.3) is 0 Å². The van der Waals surface area contributed by atoms with E-state index in [-0.39, 0.29) is 6.23 Å². The minimum atomic E-state index is 0.0321. The van der Waals surface area contributed by atoms with E-state index >= 15 is 0 Å². The van der Waals surface area contributed by atoms with Gasteiger partial charge in [-0.25, -0.2) is 0 Å². The number of para-hydroxylation sites is 1. The largest absolute Gasteiger partial charge is 0.354 e. The molecule has 2 nitrogen and oxygen atoms in total. The molecular formula is C19H24ClNO. The lowest BCUT2D eigenvalue weighted by atomic mass is 10.2. The molecule has 3 heteroatoms. The Bertz CT molecular complexity index is 541. The fraction of sp³-hybridized carbons (Fsp3) is 0.368. The van der Waals surface area contributed by atoms with E-state index in [0.29, 0.717) is 6.61 Å². The van der Waals surface area contributed by atoms with Crippen LogP contribution in [0.4, 0.5) is 5.69 Å². The van der Waals surface area contributed by atoms with E-state index in [4.69, 9.17) is 16.3 Å². The molecule has 0 bridgehead atoms. The van der Waals surface area contributed by atoms with Crippen LogP contribution in [-0.4, -0.2) is 12.8 Å². The first kappa shape index (κ1) is 16.9. The number of rotatable bonds is 8. The third-order valence-electron chi connectivity index (χ3n) is 3.68. The predicted molar refractivity (Wildman–Crippen MR) is 94.4 cm³/mol. The van der Waals surface area contributed by atoms with Gasteiger partial charge in [0.15, 0.2) is 0 Å². The van der Waals surface area contributed by atoms with E-state index in [0.717, 1.165) is 23.6 Å². The van der Waals surface area contributed by atoms with Crippen molar-refractivity contribution < 1.29 is 4.74 Å². The van der Waals surface area contributed by atoms with Gasteiger partial charge in [0.1, 0.15) is 6.23 Å². The number of hydrogen-bond donors (Lipinski definition) is 0. The summed E-state index contributed by atoms with van der Waals surface area (Å²) in [6.07, 6.45) is 2.36. The predicted octanol–water partition coefficient (Wildman–Crippen LogP) is 5.51. The number of unbranched alkanes of at least 4 members (excludes halogenated alkanes) is 1. The van der Waals surface area contributed by atoms with Gasteiger partial charge < -0.3 is 9.64 Å². The van der Waals surface area contributed by atoms with Gasteiger partial charge in [-0.15, -0.1) is 0 Å². The molecule has 2 aromatic rings. The van der Waals surface area contributed by atoms with Gasteiger partial charge >= 0.3 is 0 Å². The van der Waals surface area contributed by atoms with Crippen molar-refractivity contribution in [3.63, 3.8) is 0 Å². The number of halogens is 1. The zero-order chi connectivity index (χ0) is 15.8. The lowest BCUT2D eigenvalue weighted by Gasteiger charge is -2.31. The Balaban J connectivity index is 1.99. The Hall–Kier alpha value is -1.51. The Labute approximate surface area is 138 Å². The van der Waals surface area contributed by atoms with Gasteiger partial charge in [0, 0.05) is 17.3 Å². The summed E-state index contributed by atoms with van der Waals surface area (Å²) in [6, 6.07) is 18.3. The van der Waals surface area contributed by atoms with Gasteiger partial charge in [-0.2, -0.15) is 0 Å².